The summed E-state index contributed by atoms with van der Waals surface area (Å²) in [5.74, 6) is 0.652. The van der Waals surface area contributed by atoms with Crippen molar-refractivity contribution in [1.82, 2.24) is 14.7 Å². The Labute approximate surface area is 120 Å². The van der Waals surface area contributed by atoms with Crippen LogP contribution in [0.1, 0.15) is 31.3 Å². The molecule has 2 aromatic rings. The molecule has 2 rings (SSSR count). The summed E-state index contributed by atoms with van der Waals surface area (Å²) in [6, 6.07) is 5.10. The summed E-state index contributed by atoms with van der Waals surface area (Å²) in [4.78, 5) is 5.30. The van der Waals surface area contributed by atoms with E-state index in [-0.39, 0.29) is 11.9 Å². The fraction of sp³-hybridized carbons (Fsp3) is 0.385. The second-order valence-corrected chi connectivity index (χ2v) is 6.14. The van der Waals surface area contributed by atoms with Gasteiger partial charge in [-0.2, -0.15) is 4.37 Å². The van der Waals surface area contributed by atoms with E-state index in [1.54, 1.807) is 6.07 Å². The first kappa shape index (κ1) is 14.4. The zero-order valence-electron chi connectivity index (χ0n) is 11.1. The minimum atomic E-state index is -0.188. The van der Waals surface area contributed by atoms with E-state index in [4.69, 9.17) is 0 Å². The predicted octanol–water partition coefficient (Wildman–Crippen LogP) is 3.67. The fourth-order valence-corrected chi connectivity index (χ4v) is 3.59. The fourth-order valence-electron chi connectivity index (χ4n) is 1.69. The van der Waals surface area contributed by atoms with E-state index >= 15 is 0 Å². The second kappa shape index (κ2) is 6.45. The van der Waals surface area contributed by atoms with E-state index < -0.39 is 0 Å². The summed E-state index contributed by atoms with van der Waals surface area (Å²) >= 11 is 2.84. The molecule has 6 heteroatoms. The van der Waals surface area contributed by atoms with Crippen LogP contribution in [0.25, 0.3) is 0 Å². The minimum Gasteiger partial charge on any atom is -0.313 e. The van der Waals surface area contributed by atoms with Crippen LogP contribution in [0.3, 0.4) is 0 Å². The minimum absolute atomic E-state index is 0.0396. The SMILES string of the molecule is CCc1nsc(Sc2cccc(F)c2C(C)NC)n1. The molecule has 19 heavy (non-hydrogen) atoms. The van der Waals surface area contributed by atoms with Crippen LogP contribution in [0, 0.1) is 5.82 Å². The molecule has 0 aliphatic heterocycles. The van der Waals surface area contributed by atoms with Crippen molar-refractivity contribution in [3.8, 4) is 0 Å². The first-order valence-corrected chi connectivity index (χ1v) is 7.70. The number of benzene rings is 1. The van der Waals surface area contributed by atoms with Gasteiger partial charge >= 0.3 is 0 Å². The van der Waals surface area contributed by atoms with E-state index in [2.05, 4.69) is 14.7 Å². The van der Waals surface area contributed by atoms with E-state index in [1.165, 1.54) is 29.4 Å². The molecule has 0 bridgehead atoms. The topological polar surface area (TPSA) is 37.8 Å². The molecule has 0 radical (unpaired) electrons. The van der Waals surface area contributed by atoms with Crippen molar-refractivity contribution in [2.75, 3.05) is 7.05 Å². The van der Waals surface area contributed by atoms with E-state index in [9.17, 15) is 4.39 Å². The second-order valence-electron chi connectivity index (χ2n) is 4.09. The number of hydrogen-bond acceptors (Lipinski definition) is 5. The third kappa shape index (κ3) is 3.32. The van der Waals surface area contributed by atoms with Crippen molar-refractivity contribution in [3.63, 3.8) is 0 Å². The van der Waals surface area contributed by atoms with Crippen LogP contribution in [-0.4, -0.2) is 16.4 Å². The van der Waals surface area contributed by atoms with Gasteiger partial charge in [0.2, 0.25) is 0 Å². The number of aromatic nitrogens is 2. The van der Waals surface area contributed by atoms with E-state index in [1.807, 2.05) is 27.0 Å². The van der Waals surface area contributed by atoms with Crippen LogP contribution in [0.15, 0.2) is 27.4 Å². The van der Waals surface area contributed by atoms with Crippen LogP contribution in [0.2, 0.25) is 0 Å². The molecule has 102 valence electrons. The molecular formula is C13H16FN3S2. The summed E-state index contributed by atoms with van der Waals surface area (Å²) in [6.45, 7) is 3.97. The summed E-state index contributed by atoms with van der Waals surface area (Å²) < 4.78 is 19.1. The molecule has 0 aliphatic carbocycles. The summed E-state index contributed by atoms with van der Waals surface area (Å²) in [5, 5.41) is 3.08. The van der Waals surface area contributed by atoms with Crippen molar-refractivity contribution in [3.05, 3.63) is 35.4 Å². The summed E-state index contributed by atoms with van der Waals surface area (Å²) in [5.41, 5.74) is 0.684. The molecule has 3 nitrogen and oxygen atoms in total. The molecule has 1 aromatic heterocycles. The van der Waals surface area contributed by atoms with Gasteiger partial charge in [0.25, 0.3) is 0 Å². The van der Waals surface area contributed by atoms with Crippen LogP contribution in [0.5, 0.6) is 0 Å². The maximum atomic E-state index is 14.0. The number of hydrogen-bond donors (Lipinski definition) is 1. The molecule has 1 aromatic carbocycles. The molecule has 0 fully saturated rings. The Morgan fingerprint density at radius 3 is 2.89 bits per heavy atom. The highest BCUT2D eigenvalue weighted by molar-refractivity contribution is 8.01. The molecule has 1 atom stereocenters. The van der Waals surface area contributed by atoms with Gasteiger partial charge < -0.3 is 5.32 Å². The Morgan fingerprint density at radius 1 is 1.47 bits per heavy atom. The van der Waals surface area contributed by atoms with Crippen LogP contribution < -0.4 is 5.32 Å². The van der Waals surface area contributed by atoms with Gasteiger partial charge in [-0.1, -0.05) is 24.8 Å². The Hall–Kier alpha value is -0.980. The summed E-state index contributed by atoms with van der Waals surface area (Å²) in [6.07, 6.45) is 0.819. The molecule has 1 unspecified atom stereocenters. The lowest BCUT2D eigenvalue weighted by Crippen LogP contribution is -2.14. The van der Waals surface area contributed by atoms with Gasteiger partial charge in [-0.3, -0.25) is 0 Å². The van der Waals surface area contributed by atoms with E-state index in [0.717, 1.165) is 21.5 Å². The number of rotatable bonds is 5. The van der Waals surface area contributed by atoms with Crippen molar-refractivity contribution in [2.24, 2.45) is 0 Å². The van der Waals surface area contributed by atoms with Gasteiger partial charge in [0.15, 0.2) is 4.34 Å². The Bertz CT molecular complexity index is 557. The molecule has 1 heterocycles. The van der Waals surface area contributed by atoms with Gasteiger partial charge in [-0.15, -0.1) is 0 Å². The largest absolute Gasteiger partial charge is 0.313 e. The number of nitrogens with one attached hydrogen (secondary N) is 1. The highest BCUT2D eigenvalue weighted by atomic mass is 32.2. The quantitative estimate of drug-likeness (QED) is 0.913. The van der Waals surface area contributed by atoms with Crippen LogP contribution >= 0.6 is 23.3 Å². The highest BCUT2D eigenvalue weighted by Crippen LogP contribution is 2.35. The van der Waals surface area contributed by atoms with Gasteiger partial charge in [-0.05, 0) is 37.6 Å². The standard InChI is InChI=1S/C13H16FN3S2/c1-4-11-16-13(19-17-11)18-10-7-5-6-9(14)12(10)8(2)15-3/h5-8,15H,4H2,1-3H3. The molecule has 0 saturated heterocycles. The first-order valence-electron chi connectivity index (χ1n) is 6.11. The van der Waals surface area contributed by atoms with Gasteiger partial charge in [-0.25, -0.2) is 9.37 Å². The Balaban J connectivity index is 2.31. The van der Waals surface area contributed by atoms with Gasteiger partial charge in [0.1, 0.15) is 11.6 Å². The molecule has 0 spiro atoms. The maximum Gasteiger partial charge on any atom is 0.174 e. The first-order chi connectivity index (χ1) is 9.15. The smallest absolute Gasteiger partial charge is 0.174 e. The number of aryl methyl sites for hydroxylation is 1. The lowest BCUT2D eigenvalue weighted by atomic mass is 10.1. The third-order valence-electron chi connectivity index (χ3n) is 2.84. The predicted molar refractivity (Wildman–Crippen MR) is 77.3 cm³/mol. The zero-order chi connectivity index (χ0) is 13.8. The lowest BCUT2D eigenvalue weighted by molar-refractivity contribution is 0.552. The van der Waals surface area contributed by atoms with Crippen molar-refractivity contribution < 1.29 is 4.39 Å². The third-order valence-corrected chi connectivity index (χ3v) is 4.71. The summed E-state index contributed by atoms with van der Waals surface area (Å²) in [7, 11) is 1.83. The molecular weight excluding hydrogens is 281 g/mol. The van der Waals surface area contributed by atoms with Crippen molar-refractivity contribution >= 4 is 23.3 Å². The number of halogens is 1. The van der Waals surface area contributed by atoms with Gasteiger partial charge in [0, 0.05) is 22.9 Å². The normalized spacial score (nSPS) is 12.6. The maximum absolute atomic E-state index is 14.0. The molecule has 0 saturated carbocycles. The van der Waals surface area contributed by atoms with Gasteiger partial charge in [0.05, 0.1) is 0 Å². The number of nitrogens with zero attached hydrogens (tertiary/aromatic N) is 2. The molecule has 0 aliphatic rings. The van der Waals surface area contributed by atoms with Crippen molar-refractivity contribution in [1.29, 1.82) is 0 Å². The monoisotopic (exact) mass is 297 g/mol. The average Bonchev–Trinajstić information content (AvgIpc) is 2.86. The van der Waals surface area contributed by atoms with Crippen LogP contribution in [-0.2, 0) is 6.42 Å². The Kier molecular flexibility index (Phi) is 4.90. The molecule has 0 amide bonds. The lowest BCUT2D eigenvalue weighted by Gasteiger charge is -2.15. The van der Waals surface area contributed by atoms with E-state index in [0.29, 0.717) is 5.56 Å². The highest BCUT2D eigenvalue weighted by Gasteiger charge is 2.16. The molecule has 1 N–H and O–H groups in total. The van der Waals surface area contributed by atoms with Crippen molar-refractivity contribution in [2.45, 2.75) is 35.5 Å². The van der Waals surface area contributed by atoms with Crippen LogP contribution in [0.4, 0.5) is 4.39 Å². The average molecular weight is 297 g/mol. The Morgan fingerprint density at radius 2 is 2.26 bits per heavy atom. The zero-order valence-corrected chi connectivity index (χ0v) is 12.7.